The van der Waals surface area contributed by atoms with Crippen molar-refractivity contribution in [3.8, 4) is 0 Å². The molecule has 0 atom stereocenters. The summed E-state index contributed by atoms with van der Waals surface area (Å²) in [6.45, 7) is 2.28. The van der Waals surface area contributed by atoms with E-state index in [1.165, 1.54) is 18.2 Å². The zero-order chi connectivity index (χ0) is 12.4. The predicted molar refractivity (Wildman–Crippen MR) is 59.1 cm³/mol. The summed E-state index contributed by atoms with van der Waals surface area (Å²) in [4.78, 5) is 9.71. The summed E-state index contributed by atoms with van der Waals surface area (Å²) in [6.07, 6.45) is 1.65. The van der Waals surface area contributed by atoms with Gasteiger partial charge in [0, 0.05) is 18.0 Å². The van der Waals surface area contributed by atoms with Gasteiger partial charge in [-0.15, -0.1) is 0 Å². The molecule has 0 aliphatic heterocycles. The average molecular weight is 235 g/mol. The van der Waals surface area contributed by atoms with Gasteiger partial charge in [-0.2, -0.15) is 9.49 Å². The van der Waals surface area contributed by atoms with Crippen LogP contribution in [0.1, 0.15) is 11.3 Å². The van der Waals surface area contributed by atoms with Crippen LogP contribution in [0, 0.1) is 22.9 Å². The van der Waals surface area contributed by atoms with Crippen LogP contribution in [0.3, 0.4) is 0 Å². The van der Waals surface area contributed by atoms with Gasteiger partial charge in [0.05, 0.1) is 11.5 Å². The summed E-state index contributed by atoms with van der Waals surface area (Å²) in [6, 6.07) is 5.70. The SMILES string of the molecule is Cc1ccnn1Cc1ccc([N+](=O)[O-])c(F)c1. The maximum absolute atomic E-state index is 13.4. The summed E-state index contributed by atoms with van der Waals surface area (Å²) in [5.41, 5.74) is 1.08. The van der Waals surface area contributed by atoms with Gasteiger partial charge < -0.3 is 0 Å². The normalized spacial score (nSPS) is 10.5. The van der Waals surface area contributed by atoms with Crippen LogP contribution in [-0.2, 0) is 6.54 Å². The Labute approximate surface area is 96.6 Å². The van der Waals surface area contributed by atoms with Gasteiger partial charge in [-0.05, 0) is 24.6 Å². The van der Waals surface area contributed by atoms with Crippen LogP contribution in [0.25, 0.3) is 0 Å². The Morgan fingerprint density at radius 1 is 1.47 bits per heavy atom. The Hall–Kier alpha value is -2.24. The summed E-state index contributed by atoms with van der Waals surface area (Å²) in [7, 11) is 0. The fraction of sp³-hybridized carbons (Fsp3) is 0.182. The molecule has 0 spiro atoms. The summed E-state index contributed by atoms with van der Waals surface area (Å²) >= 11 is 0. The van der Waals surface area contributed by atoms with E-state index in [0.29, 0.717) is 12.1 Å². The van der Waals surface area contributed by atoms with Gasteiger partial charge in [-0.1, -0.05) is 6.07 Å². The molecule has 0 bridgehead atoms. The standard InChI is InChI=1S/C11H10FN3O2/c1-8-4-5-13-14(8)7-9-2-3-11(15(16)17)10(12)6-9/h2-6H,7H2,1H3. The molecule has 2 aromatic rings. The van der Waals surface area contributed by atoms with E-state index in [-0.39, 0.29) is 0 Å². The second kappa shape index (κ2) is 4.32. The lowest BCUT2D eigenvalue weighted by Gasteiger charge is -2.04. The fourth-order valence-electron chi connectivity index (χ4n) is 1.53. The highest BCUT2D eigenvalue weighted by Gasteiger charge is 2.13. The lowest BCUT2D eigenvalue weighted by Crippen LogP contribution is -2.04. The number of benzene rings is 1. The number of aromatic nitrogens is 2. The van der Waals surface area contributed by atoms with Crippen molar-refractivity contribution in [2.45, 2.75) is 13.5 Å². The topological polar surface area (TPSA) is 61.0 Å². The monoisotopic (exact) mass is 235 g/mol. The molecule has 0 saturated carbocycles. The Morgan fingerprint density at radius 3 is 2.76 bits per heavy atom. The molecule has 0 aliphatic carbocycles. The zero-order valence-corrected chi connectivity index (χ0v) is 9.13. The van der Waals surface area contributed by atoms with Gasteiger partial charge in [0.25, 0.3) is 0 Å². The zero-order valence-electron chi connectivity index (χ0n) is 9.13. The third-order valence-electron chi connectivity index (χ3n) is 2.47. The molecular formula is C11H10FN3O2. The van der Waals surface area contributed by atoms with E-state index < -0.39 is 16.4 Å². The molecule has 0 aliphatic rings. The fourth-order valence-corrected chi connectivity index (χ4v) is 1.53. The number of nitro groups is 1. The number of nitrogens with zero attached hydrogens (tertiary/aromatic N) is 3. The van der Waals surface area contributed by atoms with Crippen molar-refractivity contribution < 1.29 is 9.31 Å². The summed E-state index contributed by atoms with van der Waals surface area (Å²) < 4.78 is 15.1. The lowest BCUT2D eigenvalue weighted by atomic mass is 10.2. The van der Waals surface area contributed by atoms with E-state index in [1.807, 2.05) is 13.0 Å². The van der Waals surface area contributed by atoms with Crippen molar-refractivity contribution in [2.24, 2.45) is 0 Å². The van der Waals surface area contributed by atoms with Gasteiger partial charge in [0.15, 0.2) is 0 Å². The van der Waals surface area contributed by atoms with Crippen molar-refractivity contribution >= 4 is 5.69 Å². The van der Waals surface area contributed by atoms with Crippen molar-refractivity contribution in [1.29, 1.82) is 0 Å². The number of hydrogen-bond donors (Lipinski definition) is 0. The minimum absolute atomic E-state index is 0.397. The van der Waals surface area contributed by atoms with Gasteiger partial charge in [-0.3, -0.25) is 14.8 Å². The van der Waals surface area contributed by atoms with Gasteiger partial charge >= 0.3 is 5.69 Å². The molecule has 0 radical (unpaired) electrons. The second-order valence-corrected chi connectivity index (χ2v) is 3.67. The highest BCUT2D eigenvalue weighted by molar-refractivity contribution is 5.35. The highest BCUT2D eigenvalue weighted by Crippen LogP contribution is 2.18. The van der Waals surface area contributed by atoms with Crippen molar-refractivity contribution in [1.82, 2.24) is 9.78 Å². The molecule has 2 rings (SSSR count). The quantitative estimate of drug-likeness (QED) is 0.605. The first-order chi connectivity index (χ1) is 8.08. The third kappa shape index (κ3) is 2.30. The van der Waals surface area contributed by atoms with Crippen LogP contribution in [-0.4, -0.2) is 14.7 Å². The van der Waals surface area contributed by atoms with E-state index in [0.717, 1.165) is 5.69 Å². The Morgan fingerprint density at radius 2 is 2.24 bits per heavy atom. The Kier molecular flexibility index (Phi) is 2.86. The second-order valence-electron chi connectivity index (χ2n) is 3.67. The molecule has 5 nitrogen and oxygen atoms in total. The lowest BCUT2D eigenvalue weighted by molar-refractivity contribution is -0.387. The minimum Gasteiger partial charge on any atom is -0.265 e. The first-order valence-corrected chi connectivity index (χ1v) is 4.99. The molecule has 0 amide bonds. The maximum Gasteiger partial charge on any atom is 0.304 e. The summed E-state index contributed by atoms with van der Waals surface area (Å²) in [5, 5.41) is 14.5. The van der Waals surface area contributed by atoms with Gasteiger partial charge in [0.2, 0.25) is 5.82 Å². The summed E-state index contributed by atoms with van der Waals surface area (Å²) in [5.74, 6) is -0.822. The molecule has 17 heavy (non-hydrogen) atoms. The van der Waals surface area contributed by atoms with Crippen molar-refractivity contribution in [3.63, 3.8) is 0 Å². The Balaban J connectivity index is 2.27. The first-order valence-electron chi connectivity index (χ1n) is 4.99. The van der Waals surface area contributed by atoms with Crippen LogP contribution >= 0.6 is 0 Å². The molecule has 0 fully saturated rings. The highest BCUT2D eigenvalue weighted by atomic mass is 19.1. The van der Waals surface area contributed by atoms with E-state index in [4.69, 9.17) is 0 Å². The number of aryl methyl sites for hydroxylation is 1. The molecule has 0 saturated heterocycles. The van der Waals surface area contributed by atoms with Gasteiger partial charge in [-0.25, -0.2) is 0 Å². The predicted octanol–water partition coefficient (Wildman–Crippen LogP) is 2.29. The molecule has 6 heteroatoms. The van der Waals surface area contributed by atoms with Crippen LogP contribution in [0.5, 0.6) is 0 Å². The molecule has 0 N–H and O–H groups in total. The number of rotatable bonds is 3. The molecule has 1 heterocycles. The Bertz CT molecular complexity index is 566. The molecule has 1 aromatic carbocycles. The maximum atomic E-state index is 13.4. The molecule has 88 valence electrons. The largest absolute Gasteiger partial charge is 0.304 e. The van der Waals surface area contributed by atoms with E-state index in [1.54, 1.807) is 10.9 Å². The van der Waals surface area contributed by atoms with E-state index >= 15 is 0 Å². The van der Waals surface area contributed by atoms with Gasteiger partial charge in [0.1, 0.15) is 0 Å². The van der Waals surface area contributed by atoms with E-state index in [2.05, 4.69) is 5.10 Å². The smallest absolute Gasteiger partial charge is 0.265 e. The third-order valence-corrected chi connectivity index (χ3v) is 2.47. The average Bonchev–Trinajstić information content (AvgIpc) is 2.64. The number of halogens is 1. The number of hydrogen-bond acceptors (Lipinski definition) is 3. The van der Waals surface area contributed by atoms with Crippen molar-refractivity contribution in [2.75, 3.05) is 0 Å². The molecule has 0 unspecified atom stereocenters. The van der Waals surface area contributed by atoms with Crippen LogP contribution in [0.15, 0.2) is 30.5 Å². The number of nitro benzene ring substituents is 1. The molecular weight excluding hydrogens is 225 g/mol. The van der Waals surface area contributed by atoms with Crippen molar-refractivity contribution in [3.05, 3.63) is 57.7 Å². The van der Waals surface area contributed by atoms with Crippen LogP contribution in [0.2, 0.25) is 0 Å². The first kappa shape index (κ1) is 11.3. The van der Waals surface area contributed by atoms with E-state index in [9.17, 15) is 14.5 Å². The molecule has 1 aromatic heterocycles. The minimum atomic E-state index is -0.822. The van der Waals surface area contributed by atoms with Crippen LogP contribution in [0.4, 0.5) is 10.1 Å². The van der Waals surface area contributed by atoms with Crippen LogP contribution < -0.4 is 0 Å².